The summed E-state index contributed by atoms with van der Waals surface area (Å²) in [4.78, 5) is 24.3. The minimum atomic E-state index is -4.39. The fourth-order valence-electron chi connectivity index (χ4n) is 5.71. The number of hydrogen-bond donors (Lipinski definition) is 2. The number of benzene rings is 2. The molecular weight excluding hydrogens is 459 g/mol. The molecule has 1 heterocycles. The van der Waals surface area contributed by atoms with Crippen LogP contribution in [0.15, 0.2) is 42.5 Å². The Labute approximate surface area is 200 Å². The number of fused-ring (bicyclic) bond motifs is 1. The monoisotopic (exact) mass is 485 g/mol. The van der Waals surface area contributed by atoms with Crippen LogP contribution in [0.1, 0.15) is 59.8 Å². The summed E-state index contributed by atoms with van der Waals surface area (Å²) in [6, 6.07) is 10.7. The van der Waals surface area contributed by atoms with Gasteiger partial charge in [0.2, 0.25) is 0 Å². The number of carboxylic acid groups (broad SMARTS) is 1. The van der Waals surface area contributed by atoms with Crippen LogP contribution in [0.3, 0.4) is 0 Å². The summed E-state index contributed by atoms with van der Waals surface area (Å²) in [5, 5.41) is 17.4. The van der Waals surface area contributed by atoms with E-state index >= 15 is 0 Å². The van der Waals surface area contributed by atoms with Crippen molar-refractivity contribution in [2.45, 2.75) is 57.8 Å². The van der Waals surface area contributed by atoms with Gasteiger partial charge in [-0.05, 0) is 73.8 Å². The van der Waals surface area contributed by atoms with Gasteiger partial charge in [-0.1, -0.05) is 24.3 Å². The maximum Gasteiger partial charge on any atom is 0.416 e. The molecule has 0 unspecified atom stereocenters. The van der Waals surface area contributed by atoms with Gasteiger partial charge < -0.3 is 10.4 Å². The Morgan fingerprint density at radius 2 is 1.80 bits per heavy atom. The predicted octanol–water partition coefficient (Wildman–Crippen LogP) is 5.04. The van der Waals surface area contributed by atoms with Gasteiger partial charge >= 0.3 is 12.1 Å². The lowest BCUT2D eigenvalue weighted by atomic mass is 9.50. The number of nitrogens with one attached hydrogen (secondary N) is 1. The molecule has 35 heavy (non-hydrogen) atoms. The SMILES string of the molecule is CCn1nc(C(=O)NC2CC3(C2)CC(C(=O)O)C3)c2c(Cc3ccc(C(F)(F)F)cc3)cccc21. The van der Waals surface area contributed by atoms with Crippen molar-refractivity contribution < 1.29 is 27.9 Å². The summed E-state index contributed by atoms with van der Waals surface area (Å²) in [6.07, 6.45) is -1.14. The van der Waals surface area contributed by atoms with E-state index in [1.807, 2.05) is 25.1 Å². The average molecular weight is 486 g/mol. The Kier molecular flexibility index (Phi) is 5.61. The van der Waals surface area contributed by atoms with E-state index in [0.29, 0.717) is 42.5 Å². The second-order valence-electron chi connectivity index (χ2n) is 9.87. The molecular formula is C26H26F3N3O3. The largest absolute Gasteiger partial charge is 0.481 e. The first-order valence-corrected chi connectivity index (χ1v) is 11.8. The average Bonchev–Trinajstić information content (AvgIpc) is 3.14. The Balaban J connectivity index is 1.36. The molecule has 5 rings (SSSR count). The van der Waals surface area contributed by atoms with E-state index in [4.69, 9.17) is 5.11 Å². The molecule has 3 aromatic rings. The molecule has 0 saturated heterocycles. The molecule has 2 N–H and O–H groups in total. The molecule has 6 nitrogen and oxygen atoms in total. The van der Waals surface area contributed by atoms with E-state index in [1.54, 1.807) is 4.68 Å². The van der Waals surface area contributed by atoms with Crippen LogP contribution in [0.25, 0.3) is 10.9 Å². The van der Waals surface area contributed by atoms with Crippen molar-refractivity contribution >= 4 is 22.8 Å². The van der Waals surface area contributed by atoms with E-state index in [-0.39, 0.29) is 23.3 Å². The molecule has 2 fully saturated rings. The van der Waals surface area contributed by atoms with Crippen molar-refractivity contribution in [3.8, 4) is 0 Å². The maximum absolute atomic E-state index is 13.2. The number of nitrogens with zero attached hydrogens (tertiary/aromatic N) is 2. The number of carbonyl (C=O) groups is 2. The lowest BCUT2D eigenvalue weighted by molar-refractivity contribution is -0.155. The molecule has 0 bridgehead atoms. The highest BCUT2D eigenvalue weighted by molar-refractivity contribution is 6.06. The molecule has 0 aliphatic heterocycles. The van der Waals surface area contributed by atoms with Crippen molar-refractivity contribution in [2.75, 3.05) is 0 Å². The summed E-state index contributed by atoms with van der Waals surface area (Å²) in [7, 11) is 0. The molecule has 1 amide bonds. The van der Waals surface area contributed by atoms with Gasteiger partial charge in [0.05, 0.1) is 17.0 Å². The molecule has 2 aliphatic carbocycles. The van der Waals surface area contributed by atoms with Gasteiger partial charge in [-0.3, -0.25) is 14.3 Å². The number of hydrogen-bond acceptors (Lipinski definition) is 3. The van der Waals surface area contributed by atoms with E-state index in [1.165, 1.54) is 12.1 Å². The molecule has 2 saturated carbocycles. The number of rotatable bonds is 6. The van der Waals surface area contributed by atoms with Crippen LogP contribution in [0.2, 0.25) is 0 Å². The number of aliphatic carboxylic acids is 1. The number of amides is 1. The topological polar surface area (TPSA) is 84.2 Å². The summed E-state index contributed by atoms with van der Waals surface area (Å²) >= 11 is 0. The summed E-state index contributed by atoms with van der Waals surface area (Å²) in [5.74, 6) is -1.31. The number of carbonyl (C=O) groups excluding carboxylic acids is 1. The number of aryl methyl sites for hydroxylation is 1. The van der Waals surface area contributed by atoms with Crippen LogP contribution < -0.4 is 5.32 Å². The van der Waals surface area contributed by atoms with E-state index in [0.717, 1.165) is 36.1 Å². The highest BCUT2D eigenvalue weighted by atomic mass is 19.4. The molecule has 2 aliphatic rings. The number of aromatic nitrogens is 2. The molecule has 184 valence electrons. The number of alkyl halides is 3. The summed E-state index contributed by atoms with van der Waals surface area (Å²) in [6.45, 7) is 2.50. The van der Waals surface area contributed by atoms with Gasteiger partial charge in [0.1, 0.15) is 0 Å². The second kappa shape index (κ2) is 8.39. The van der Waals surface area contributed by atoms with E-state index in [2.05, 4.69) is 10.4 Å². The molecule has 0 atom stereocenters. The fraction of sp³-hybridized carbons (Fsp3) is 0.423. The van der Waals surface area contributed by atoms with Crippen LogP contribution in [-0.2, 0) is 23.9 Å². The Morgan fingerprint density at radius 1 is 1.11 bits per heavy atom. The molecule has 9 heteroatoms. The maximum atomic E-state index is 13.2. The van der Waals surface area contributed by atoms with Crippen molar-refractivity contribution in [2.24, 2.45) is 11.3 Å². The number of carboxylic acids is 1. The van der Waals surface area contributed by atoms with Crippen molar-refractivity contribution in [3.63, 3.8) is 0 Å². The molecule has 0 radical (unpaired) electrons. The zero-order chi connectivity index (χ0) is 25.0. The van der Waals surface area contributed by atoms with Crippen molar-refractivity contribution in [1.29, 1.82) is 0 Å². The molecule has 2 aromatic carbocycles. The first-order valence-electron chi connectivity index (χ1n) is 11.8. The minimum Gasteiger partial charge on any atom is -0.481 e. The van der Waals surface area contributed by atoms with Gasteiger partial charge in [0.25, 0.3) is 5.91 Å². The van der Waals surface area contributed by atoms with Crippen LogP contribution in [0.5, 0.6) is 0 Å². The standard InChI is InChI=1S/C26H26F3N3O3/c1-2-32-20-5-3-4-16(10-15-6-8-18(9-7-15)26(27,28)29)21(20)22(31-32)23(33)30-19-13-25(14-19)11-17(12-25)24(34)35/h3-9,17,19H,2,10-14H2,1H3,(H,30,33)(H,34,35). The van der Waals surface area contributed by atoms with Crippen molar-refractivity contribution in [3.05, 3.63) is 64.8 Å². The summed E-state index contributed by atoms with van der Waals surface area (Å²) < 4.78 is 40.5. The minimum absolute atomic E-state index is 0.0128. The lowest BCUT2D eigenvalue weighted by Crippen LogP contribution is -2.57. The van der Waals surface area contributed by atoms with Gasteiger partial charge in [0.15, 0.2) is 5.69 Å². The normalized spacial score (nSPS) is 23.7. The smallest absolute Gasteiger partial charge is 0.416 e. The molecule has 1 spiro atoms. The van der Waals surface area contributed by atoms with Crippen LogP contribution in [0.4, 0.5) is 13.2 Å². The van der Waals surface area contributed by atoms with E-state index in [9.17, 15) is 22.8 Å². The third-order valence-electron chi connectivity index (χ3n) is 7.46. The zero-order valence-electron chi connectivity index (χ0n) is 19.2. The van der Waals surface area contributed by atoms with Crippen LogP contribution in [0, 0.1) is 11.3 Å². The van der Waals surface area contributed by atoms with Crippen LogP contribution >= 0.6 is 0 Å². The highest BCUT2D eigenvalue weighted by Crippen LogP contribution is 2.58. The Hall–Kier alpha value is -3.36. The van der Waals surface area contributed by atoms with Gasteiger partial charge in [-0.25, -0.2) is 0 Å². The van der Waals surface area contributed by atoms with E-state index < -0.39 is 17.7 Å². The Morgan fingerprint density at radius 3 is 2.40 bits per heavy atom. The van der Waals surface area contributed by atoms with Gasteiger partial charge in [-0.2, -0.15) is 18.3 Å². The second-order valence-corrected chi connectivity index (χ2v) is 9.87. The quantitative estimate of drug-likeness (QED) is 0.513. The van der Waals surface area contributed by atoms with Crippen molar-refractivity contribution in [1.82, 2.24) is 15.1 Å². The fourth-order valence-corrected chi connectivity index (χ4v) is 5.71. The first kappa shape index (κ1) is 23.4. The molecule has 1 aromatic heterocycles. The number of halogens is 3. The predicted molar refractivity (Wildman–Crippen MR) is 123 cm³/mol. The third-order valence-corrected chi connectivity index (χ3v) is 7.46. The van der Waals surface area contributed by atoms with Gasteiger partial charge in [-0.15, -0.1) is 0 Å². The zero-order valence-corrected chi connectivity index (χ0v) is 19.2. The van der Waals surface area contributed by atoms with Gasteiger partial charge in [0, 0.05) is 18.0 Å². The van der Waals surface area contributed by atoms with Crippen LogP contribution in [-0.4, -0.2) is 32.8 Å². The third kappa shape index (κ3) is 4.28. The summed E-state index contributed by atoms with van der Waals surface area (Å²) in [5.41, 5.74) is 1.98. The Bertz CT molecular complexity index is 1280. The first-order chi connectivity index (χ1) is 16.6. The highest BCUT2D eigenvalue weighted by Gasteiger charge is 2.55. The lowest BCUT2D eigenvalue weighted by Gasteiger charge is -2.56.